The lowest BCUT2D eigenvalue weighted by atomic mass is 10.2. The van der Waals surface area contributed by atoms with Gasteiger partial charge >= 0.3 is 0 Å². The maximum absolute atomic E-state index is 13.5. The second kappa shape index (κ2) is 7.91. The summed E-state index contributed by atoms with van der Waals surface area (Å²) in [6.45, 7) is 1.46. The third-order valence-electron chi connectivity index (χ3n) is 2.92. The molecule has 0 aliphatic heterocycles. The minimum atomic E-state index is -0.969. The summed E-state index contributed by atoms with van der Waals surface area (Å²) in [5, 5.41) is 0. The Morgan fingerprint density at radius 1 is 1.09 bits per heavy atom. The molecule has 0 spiro atoms. The second-order valence-electron chi connectivity index (χ2n) is 4.64. The van der Waals surface area contributed by atoms with Crippen molar-refractivity contribution in [3.63, 3.8) is 0 Å². The highest BCUT2D eigenvalue weighted by Gasteiger charge is 2.17. The maximum atomic E-state index is 13.5. The molecule has 0 saturated carbocycles. The van der Waals surface area contributed by atoms with Crippen LogP contribution in [0.25, 0.3) is 0 Å². The minimum Gasteiger partial charge on any atom is -0.478 e. The van der Waals surface area contributed by atoms with Crippen LogP contribution in [0.3, 0.4) is 0 Å². The number of amides is 2. The fourth-order valence-corrected chi connectivity index (χ4v) is 2.04. The van der Waals surface area contributed by atoms with Crippen molar-refractivity contribution in [3.8, 4) is 5.75 Å². The van der Waals surface area contributed by atoms with Crippen LogP contribution in [-0.4, -0.2) is 17.9 Å². The molecular weight excluding hydrogens is 414 g/mol. The number of ether oxygens (including phenoxy) is 1. The van der Waals surface area contributed by atoms with Gasteiger partial charge in [-0.2, -0.15) is 0 Å². The second-order valence-corrected chi connectivity index (χ2v) is 5.89. The highest BCUT2D eigenvalue weighted by Crippen LogP contribution is 2.16. The lowest BCUT2D eigenvalue weighted by Crippen LogP contribution is -2.47. The first-order chi connectivity index (χ1) is 11.0. The SMILES string of the molecule is CC(Oc1ccccc1F)C(=O)NNC(=O)c1ccc(I)cc1. The first-order valence-electron chi connectivity index (χ1n) is 6.74. The number of hydrogen-bond acceptors (Lipinski definition) is 3. The van der Waals surface area contributed by atoms with Gasteiger partial charge in [0.25, 0.3) is 11.8 Å². The molecule has 0 bridgehead atoms. The quantitative estimate of drug-likeness (QED) is 0.582. The lowest BCUT2D eigenvalue weighted by Gasteiger charge is -2.15. The average molecular weight is 428 g/mol. The Balaban J connectivity index is 1.87. The highest BCUT2D eigenvalue weighted by atomic mass is 127. The molecule has 0 aliphatic rings. The van der Waals surface area contributed by atoms with Crippen molar-refractivity contribution in [2.24, 2.45) is 0 Å². The Bertz CT molecular complexity index is 707. The van der Waals surface area contributed by atoms with E-state index in [9.17, 15) is 14.0 Å². The third kappa shape index (κ3) is 4.92. The normalized spacial score (nSPS) is 11.4. The van der Waals surface area contributed by atoms with Crippen LogP contribution in [0.5, 0.6) is 5.75 Å². The molecule has 0 radical (unpaired) electrons. The van der Waals surface area contributed by atoms with Gasteiger partial charge in [-0.3, -0.25) is 20.4 Å². The first-order valence-corrected chi connectivity index (χ1v) is 7.82. The number of para-hydroxylation sites is 1. The molecule has 1 unspecified atom stereocenters. The molecule has 1 atom stereocenters. The molecule has 0 fully saturated rings. The molecule has 2 amide bonds. The number of carbonyl (C=O) groups is 2. The van der Waals surface area contributed by atoms with Gasteiger partial charge in [-0.25, -0.2) is 4.39 Å². The molecule has 2 aromatic carbocycles. The monoisotopic (exact) mass is 428 g/mol. The Kier molecular flexibility index (Phi) is 5.91. The summed E-state index contributed by atoms with van der Waals surface area (Å²) >= 11 is 2.12. The van der Waals surface area contributed by atoms with Crippen molar-refractivity contribution >= 4 is 34.4 Å². The van der Waals surface area contributed by atoms with Crippen molar-refractivity contribution < 1.29 is 18.7 Å². The Morgan fingerprint density at radius 2 is 1.74 bits per heavy atom. The smallest absolute Gasteiger partial charge is 0.279 e. The molecule has 120 valence electrons. The van der Waals surface area contributed by atoms with Gasteiger partial charge in [0.15, 0.2) is 17.7 Å². The summed E-state index contributed by atoms with van der Waals surface area (Å²) in [7, 11) is 0. The van der Waals surface area contributed by atoms with Crippen LogP contribution in [0.1, 0.15) is 17.3 Å². The van der Waals surface area contributed by atoms with Crippen LogP contribution < -0.4 is 15.6 Å². The van der Waals surface area contributed by atoms with E-state index < -0.39 is 23.7 Å². The number of hydrazine groups is 1. The Morgan fingerprint density at radius 3 is 2.39 bits per heavy atom. The van der Waals surface area contributed by atoms with Crippen molar-refractivity contribution in [2.45, 2.75) is 13.0 Å². The van der Waals surface area contributed by atoms with Gasteiger partial charge < -0.3 is 4.74 Å². The molecule has 0 aromatic heterocycles. The number of halogens is 2. The van der Waals surface area contributed by atoms with E-state index in [1.807, 2.05) is 0 Å². The molecule has 0 heterocycles. The fraction of sp³-hybridized carbons (Fsp3) is 0.125. The minimum absolute atomic E-state index is 0.0286. The summed E-state index contributed by atoms with van der Waals surface area (Å²) in [5.74, 6) is -1.63. The van der Waals surface area contributed by atoms with Crippen LogP contribution in [0, 0.1) is 9.39 Å². The molecule has 2 aromatic rings. The number of hydrogen-bond donors (Lipinski definition) is 2. The molecule has 2 N–H and O–H groups in total. The number of rotatable bonds is 4. The lowest BCUT2D eigenvalue weighted by molar-refractivity contribution is -0.128. The third-order valence-corrected chi connectivity index (χ3v) is 3.63. The zero-order valence-electron chi connectivity index (χ0n) is 12.2. The summed E-state index contributed by atoms with van der Waals surface area (Å²) in [5.41, 5.74) is 4.94. The molecule has 23 heavy (non-hydrogen) atoms. The fourth-order valence-electron chi connectivity index (χ4n) is 1.68. The van der Waals surface area contributed by atoms with Gasteiger partial charge in [-0.1, -0.05) is 12.1 Å². The molecule has 7 heteroatoms. The molecule has 2 rings (SSSR count). The van der Waals surface area contributed by atoms with Gasteiger partial charge in [-0.15, -0.1) is 0 Å². The average Bonchev–Trinajstić information content (AvgIpc) is 2.55. The first kappa shape index (κ1) is 17.2. The van der Waals surface area contributed by atoms with Crippen LogP contribution >= 0.6 is 22.6 Å². The van der Waals surface area contributed by atoms with Crippen LogP contribution in [0.15, 0.2) is 48.5 Å². The van der Waals surface area contributed by atoms with Crippen molar-refractivity contribution in [1.82, 2.24) is 10.9 Å². The van der Waals surface area contributed by atoms with Crippen LogP contribution in [0.2, 0.25) is 0 Å². The van der Waals surface area contributed by atoms with Crippen LogP contribution in [-0.2, 0) is 4.79 Å². The van der Waals surface area contributed by atoms with E-state index in [1.165, 1.54) is 25.1 Å². The predicted molar refractivity (Wildman–Crippen MR) is 91.3 cm³/mol. The van der Waals surface area contributed by atoms with E-state index in [-0.39, 0.29) is 5.75 Å². The van der Waals surface area contributed by atoms with E-state index in [0.29, 0.717) is 5.56 Å². The molecule has 0 aliphatic carbocycles. The summed E-state index contributed by atoms with van der Waals surface area (Å²) in [6.07, 6.45) is -0.969. The Hall–Kier alpha value is -2.16. The standard InChI is InChI=1S/C16H14FIN2O3/c1-10(23-14-5-3-2-4-13(14)17)15(21)19-20-16(22)11-6-8-12(18)9-7-11/h2-10H,1H3,(H,19,21)(H,20,22). The van der Waals surface area contributed by atoms with Crippen molar-refractivity contribution in [1.29, 1.82) is 0 Å². The van der Waals surface area contributed by atoms with E-state index in [2.05, 4.69) is 33.4 Å². The predicted octanol–water partition coefficient (Wildman–Crippen LogP) is 2.66. The van der Waals surface area contributed by atoms with Gasteiger partial charge in [0.05, 0.1) is 0 Å². The molecule has 0 saturated heterocycles. The number of benzene rings is 2. The van der Waals surface area contributed by atoms with Gasteiger partial charge in [0.1, 0.15) is 0 Å². The largest absolute Gasteiger partial charge is 0.478 e. The zero-order chi connectivity index (χ0) is 16.8. The maximum Gasteiger partial charge on any atom is 0.279 e. The number of carbonyl (C=O) groups excluding carboxylic acids is 2. The highest BCUT2D eigenvalue weighted by molar-refractivity contribution is 14.1. The summed E-state index contributed by atoms with van der Waals surface area (Å²) in [6, 6.07) is 12.6. The zero-order valence-corrected chi connectivity index (χ0v) is 14.3. The Labute approximate surface area is 146 Å². The van der Waals surface area contributed by atoms with E-state index >= 15 is 0 Å². The van der Waals surface area contributed by atoms with Gasteiger partial charge in [-0.05, 0) is 65.9 Å². The van der Waals surface area contributed by atoms with E-state index in [1.54, 1.807) is 30.3 Å². The molecule has 5 nitrogen and oxygen atoms in total. The number of nitrogens with one attached hydrogen (secondary N) is 2. The topological polar surface area (TPSA) is 67.4 Å². The van der Waals surface area contributed by atoms with Crippen molar-refractivity contribution in [3.05, 3.63) is 63.5 Å². The van der Waals surface area contributed by atoms with Gasteiger partial charge in [0, 0.05) is 9.13 Å². The van der Waals surface area contributed by atoms with E-state index in [0.717, 1.165) is 3.57 Å². The molecular formula is C16H14FIN2O3. The van der Waals surface area contributed by atoms with Crippen molar-refractivity contribution in [2.75, 3.05) is 0 Å². The van der Waals surface area contributed by atoms with Crippen LogP contribution in [0.4, 0.5) is 4.39 Å². The summed E-state index contributed by atoms with van der Waals surface area (Å²) < 4.78 is 19.7. The summed E-state index contributed by atoms with van der Waals surface area (Å²) in [4.78, 5) is 23.7. The van der Waals surface area contributed by atoms with Gasteiger partial charge in [0.2, 0.25) is 0 Å². The van der Waals surface area contributed by atoms with E-state index in [4.69, 9.17) is 4.74 Å².